The predicted octanol–water partition coefficient (Wildman–Crippen LogP) is 4.74. The summed E-state index contributed by atoms with van der Waals surface area (Å²) >= 11 is 1.15. The Morgan fingerprint density at radius 2 is 1.64 bits per heavy atom. The van der Waals surface area contributed by atoms with Gasteiger partial charge in [-0.05, 0) is 30.5 Å². The number of aryl methyl sites for hydroxylation is 1. The molecule has 132 valence electrons. The van der Waals surface area contributed by atoms with Crippen LogP contribution >= 0.6 is 11.3 Å². The first-order valence-corrected chi connectivity index (χ1v) is 7.58. The lowest BCUT2D eigenvalue weighted by molar-refractivity contribution is -0.142. The minimum atomic E-state index is -4.78. The van der Waals surface area contributed by atoms with Crippen LogP contribution in [-0.4, -0.2) is 19.7 Å². The molecule has 3 heterocycles. The van der Waals surface area contributed by atoms with Crippen LogP contribution in [0.5, 0.6) is 0 Å². The van der Waals surface area contributed by atoms with Gasteiger partial charge in [0.25, 0.3) is 5.95 Å². The molecule has 0 amide bonds. The minimum absolute atomic E-state index is 0.0382. The molecule has 0 atom stereocenters. The Kier molecular flexibility index (Phi) is 4.06. The van der Waals surface area contributed by atoms with Crippen LogP contribution in [0, 0.1) is 6.92 Å². The summed E-state index contributed by atoms with van der Waals surface area (Å²) < 4.78 is 78.3. The number of halogens is 6. The van der Waals surface area contributed by atoms with E-state index < -0.39 is 29.7 Å². The second kappa shape index (κ2) is 5.83. The van der Waals surface area contributed by atoms with Gasteiger partial charge in [-0.2, -0.15) is 31.4 Å². The first kappa shape index (κ1) is 17.4. The lowest BCUT2D eigenvalue weighted by atomic mass is 10.3. The van der Waals surface area contributed by atoms with Crippen molar-refractivity contribution in [3.05, 3.63) is 46.7 Å². The van der Waals surface area contributed by atoms with Crippen molar-refractivity contribution < 1.29 is 26.3 Å². The molecule has 11 heteroatoms. The van der Waals surface area contributed by atoms with E-state index in [1.807, 2.05) is 0 Å². The third-order valence-electron chi connectivity index (χ3n) is 3.15. The molecule has 3 rings (SSSR count). The van der Waals surface area contributed by atoms with Crippen LogP contribution in [0.1, 0.15) is 17.1 Å². The van der Waals surface area contributed by atoms with Crippen molar-refractivity contribution in [1.82, 2.24) is 19.7 Å². The Labute approximate surface area is 140 Å². The molecule has 0 N–H and O–H groups in total. The summed E-state index contributed by atoms with van der Waals surface area (Å²) in [4.78, 5) is 7.72. The largest absolute Gasteiger partial charge is 0.435 e. The van der Waals surface area contributed by atoms with Crippen LogP contribution in [0.3, 0.4) is 0 Å². The molecule has 0 saturated carbocycles. The molecule has 0 aromatic carbocycles. The Morgan fingerprint density at radius 3 is 2.16 bits per heavy atom. The van der Waals surface area contributed by atoms with Crippen molar-refractivity contribution in [2.24, 2.45) is 0 Å². The third-order valence-corrected chi connectivity index (χ3v) is 4.04. The van der Waals surface area contributed by atoms with Crippen LogP contribution < -0.4 is 0 Å². The second-order valence-electron chi connectivity index (χ2n) is 4.99. The van der Waals surface area contributed by atoms with E-state index in [2.05, 4.69) is 15.1 Å². The molecule has 0 aliphatic heterocycles. The molecule has 0 saturated heterocycles. The zero-order valence-corrected chi connectivity index (χ0v) is 13.2. The highest BCUT2D eigenvalue weighted by Crippen LogP contribution is 2.33. The van der Waals surface area contributed by atoms with Crippen LogP contribution in [-0.2, 0) is 12.4 Å². The van der Waals surface area contributed by atoms with Gasteiger partial charge in [0.15, 0.2) is 11.4 Å². The highest BCUT2D eigenvalue weighted by Gasteiger charge is 2.36. The number of hydrogen-bond acceptors (Lipinski definition) is 4. The van der Waals surface area contributed by atoms with Gasteiger partial charge in [0.05, 0.1) is 10.6 Å². The van der Waals surface area contributed by atoms with Crippen LogP contribution in [0.4, 0.5) is 26.3 Å². The van der Waals surface area contributed by atoms with E-state index in [4.69, 9.17) is 0 Å². The first-order valence-electron chi connectivity index (χ1n) is 6.70. The van der Waals surface area contributed by atoms with Crippen LogP contribution in [0.2, 0.25) is 0 Å². The fourth-order valence-corrected chi connectivity index (χ4v) is 2.73. The van der Waals surface area contributed by atoms with Crippen molar-refractivity contribution in [3.8, 4) is 16.5 Å². The van der Waals surface area contributed by atoms with E-state index in [9.17, 15) is 26.3 Å². The molecule has 0 spiro atoms. The molecule has 0 fully saturated rings. The lowest BCUT2D eigenvalue weighted by Crippen LogP contribution is -2.14. The van der Waals surface area contributed by atoms with Gasteiger partial charge in [0.1, 0.15) is 0 Å². The topological polar surface area (TPSA) is 43.6 Å². The van der Waals surface area contributed by atoms with E-state index >= 15 is 0 Å². The van der Waals surface area contributed by atoms with Crippen molar-refractivity contribution in [2.45, 2.75) is 19.3 Å². The summed E-state index contributed by atoms with van der Waals surface area (Å²) in [7, 11) is 0. The fourth-order valence-electron chi connectivity index (χ4n) is 2.04. The predicted molar refractivity (Wildman–Crippen MR) is 77.2 cm³/mol. The highest BCUT2D eigenvalue weighted by atomic mass is 32.1. The number of hydrogen-bond donors (Lipinski definition) is 0. The van der Waals surface area contributed by atoms with Gasteiger partial charge in [-0.15, -0.1) is 11.3 Å². The SMILES string of the molecule is Cc1cc(C(F)(F)F)nn1-c1nc(-c2cccs2)cc(C(F)(F)F)n1. The van der Waals surface area contributed by atoms with E-state index in [0.717, 1.165) is 17.4 Å². The van der Waals surface area contributed by atoms with Gasteiger partial charge in [0.2, 0.25) is 0 Å². The summed E-state index contributed by atoms with van der Waals surface area (Å²) in [6, 6.07) is 4.64. The maximum atomic E-state index is 13.1. The molecule has 4 nitrogen and oxygen atoms in total. The quantitative estimate of drug-likeness (QED) is 0.605. The summed E-state index contributed by atoms with van der Waals surface area (Å²) in [5.41, 5.74) is -2.58. The van der Waals surface area contributed by atoms with Crippen molar-refractivity contribution in [2.75, 3.05) is 0 Å². The standard InChI is InChI=1S/C14H8F6N4S/c1-7-5-11(14(18,19)20)23-24(7)12-21-8(9-3-2-4-25-9)6-10(22-12)13(15,16)17/h2-6H,1H3. The van der Waals surface area contributed by atoms with E-state index in [-0.39, 0.29) is 11.4 Å². The first-order chi connectivity index (χ1) is 11.6. The number of alkyl halides is 6. The molecule has 3 aromatic heterocycles. The molecule has 25 heavy (non-hydrogen) atoms. The summed E-state index contributed by atoms with van der Waals surface area (Å²) in [5.74, 6) is -0.578. The number of nitrogens with zero attached hydrogens (tertiary/aromatic N) is 4. The Morgan fingerprint density at radius 1 is 0.960 bits per heavy atom. The van der Waals surface area contributed by atoms with Gasteiger partial charge in [0, 0.05) is 5.69 Å². The molecular formula is C14H8F6N4S. The van der Waals surface area contributed by atoms with E-state index in [1.54, 1.807) is 17.5 Å². The van der Waals surface area contributed by atoms with Gasteiger partial charge in [-0.3, -0.25) is 0 Å². The number of thiophene rings is 1. The smallest absolute Gasteiger partial charge is 0.210 e. The molecule has 3 aromatic rings. The maximum Gasteiger partial charge on any atom is 0.435 e. The Balaban J connectivity index is 2.19. The second-order valence-corrected chi connectivity index (χ2v) is 5.94. The lowest BCUT2D eigenvalue weighted by Gasteiger charge is -2.10. The molecule has 0 aliphatic carbocycles. The monoisotopic (exact) mass is 378 g/mol. The fraction of sp³-hybridized carbons (Fsp3) is 0.214. The minimum Gasteiger partial charge on any atom is -0.210 e. The summed E-state index contributed by atoms with van der Waals surface area (Å²) in [6.07, 6.45) is -9.51. The average Bonchev–Trinajstić information content (AvgIpc) is 3.14. The van der Waals surface area contributed by atoms with E-state index in [0.29, 0.717) is 15.6 Å². The van der Waals surface area contributed by atoms with Crippen molar-refractivity contribution in [3.63, 3.8) is 0 Å². The zero-order valence-electron chi connectivity index (χ0n) is 12.4. The Hall–Kier alpha value is -2.43. The molecule has 0 aliphatic rings. The highest BCUT2D eigenvalue weighted by molar-refractivity contribution is 7.13. The molecule has 0 bridgehead atoms. The molecular weight excluding hydrogens is 370 g/mol. The molecule has 0 radical (unpaired) electrons. The van der Waals surface area contributed by atoms with Crippen molar-refractivity contribution >= 4 is 11.3 Å². The molecule has 0 unspecified atom stereocenters. The number of aromatic nitrogens is 4. The van der Waals surface area contributed by atoms with Gasteiger partial charge in [-0.25, -0.2) is 14.6 Å². The van der Waals surface area contributed by atoms with Gasteiger partial charge in [-0.1, -0.05) is 6.07 Å². The van der Waals surface area contributed by atoms with Gasteiger partial charge >= 0.3 is 12.4 Å². The third kappa shape index (κ3) is 3.50. The zero-order chi connectivity index (χ0) is 18.4. The van der Waals surface area contributed by atoms with Crippen LogP contribution in [0.15, 0.2) is 29.6 Å². The van der Waals surface area contributed by atoms with Gasteiger partial charge < -0.3 is 0 Å². The number of rotatable bonds is 2. The normalized spacial score (nSPS) is 12.6. The van der Waals surface area contributed by atoms with Crippen LogP contribution in [0.25, 0.3) is 16.5 Å². The average molecular weight is 378 g/mol. The maximum absolute atomic E-state index is 13.1. The van der Waals surface area contributed by atoms with Crippen molar-refractivity contribution in [1.29, 1.82) is 0 Å². The Bertz CT molecular complexity index is 895. The summed E-state index contributed by atoms with van der Waals surface area (Å²) in [5, 5.41) is 4.94. The van der Waals surface area contributed by atoms with E-state index in [1.165, 1.54) is 6.92 Å². The summed E-state index contributed by atoms with van der Waals surface area (Å²) in [6.45, 7) is 1.27.